The van der Waals surface area contributed by atoms with Crippen molar-refractivity contribution in [3.63, 3.8) is 0 Å². The highest BCUT2D eigenvalue weighted by molar-refractivity contribution is 7.99. The zero-order chi connectivity index (χ0) is 27.6. The lowest BCUT2D eigenvalue weighted by Crippen LogP contribution is -1.94. The third kappa shape index (κ3) is 3.59. The Kier molecular flexibility index (Phi) is 5.20. The predicted octanol–water partition coefficient (Wildman–Crippen LogP) is 11.9. The van der Waals surface area contributed by atoms with E-state index in [4.69, 9.17) is 4.42 Å². The maximum atomic E-state index is 6.48. The SMILES string of the molecule is c1ccc(-c2cc(-c3ccc4c5c(cccc35)-c3ccccc3S4)cc(-c3cccc4c3oc3ccccc34)c2)cc1. The fourth-order valence-electron chi connectivity index (χ4n) is 6.54. The van der Waals surface area contributed by atoms with Crippen LogP contribution in [0.5, 0.6) is 0 Å². The van der Waals surface area contributed by atoms with E-state index in [1.165, 1.54) is 53.9 Å². The lowest BCUT2D eigenvalue weighted by Gasteiger charge is -2.22. The Morgan fingerprint density at radius 1 is 0.381 bits per heavy atom. The van der Waals surface area contributed by atoms with Gasteiger partial charge in [-0.3, -0.25) is 0 Å². The molecule has 42 heavy (non-hydrogen) atoms. The highest BCUT2D eigenvalue weighted by atomic mass is 32.2. The second-order valence-corrected chi connectivity index (χ2v) is 12.0. The largest absolute Gasteiger partial charge is 0.455 e. The van der Waals surface area contributed by atoms with E-state index < -0.39 is 0 Å². The minimum atomic E-state index is 0.917. The number of rotatable bonds is 3. The first-order valence-electron chi connectivity index (χ1n) is 14.3. The van der Waals surface area contributed by atoms with Crippen LogP contribution in [0.25, 0.3) is 77.2 Å². The minimum absolute atomic E-state index is 0.917. The first-order chi connectivity index (χ1) is 20.8. The Morgan fingerprint density at radius 2 is 1.05 bits per heavy atom. The van der Waals surface area contributed by atoms with Gasteiger partial charge in [0, 0.05) is 31.5 Å². The summed E-state index contributed by atoms with van der Waals surface area (Å²) in [5, 5.41) is 4.91. The van der Waals surface area contributed by atoms with E-state index in [1.54, 1.807) is 0 Å². The molecule has 7 aromatic carbocycles. The molecule has 1 nitrogen and oxygen atoms in total. The Hall–Kier alpha value is -5.05. The van der Waals surface area contributed by atoms with Crippen LogP contribution < -0.4 is 0 Å². The van der Waals surface area contributed by atoms with Crippen LogP contribution in [-0.2, 0) is 0 Å². The van der Waals surface area contributed by atoms with E-state index in [0.29, 0.717) is 0 Å². The molecule has 0 bridgehead atoms. The van der Waals surface area contributed by atoms with Gasteiger partial charge in [0.25, 0.3) is 0 Å². The molecule has 0 radical (unpaired) electrons. The molecule has 0 unspecified atom stereocenters. The van der Waals surface area contributed by atoms with E-state index >= 15 is 0 Å². The van der Waals surface area contributed by atoms with Gasteiger partial charge in [-0.2, -0.15) is 0 Å². The summed E-state index contributed by atoms with van der Waals surface area (Å²) in [5.74, 6) is 0. The second kappa shape index (κ2) is 9.24. The van der Waals surface area contributed by atoms with E-state index in [1.807, 2.05) is 17.8 Å². The molecule has 0 aliphatic carbocycles. The van der Waals surface area contributed by atoms with E-state index in [9.17, 15) is 0 Å². The van der Waals surface area contributed by atoms with E-state index in [-0.39, 0.29) is 0 Å². The van der Waals surface area contributed by atoms with Crippen LogP contribution >= 0.6 is 11.8 Å². The van der Waals surface area contributed by atoms with Gasteiger partial charge in [-0.25, -0.2) is 0 Å². The number of fused-ring (bicyclic) bond motifs is 5. The summed E-state index contributed by atoms with van der Waals surface area (Å²) in [7, 11) is 0. The molecule has 9 rings (SSSR count). The molecule has 8 aromatic rings. The topological polar surface area (TPSA) is 13.1 Å². The maximum Gasteiger partial charge on any atom is 0.143 e. The van der Waals surface area contributed by atoms with Crippen molar-refractivity contribution in [2.24, 2.45) is 0 Å². The normalized spacial score (nSPS) is 12.2. The average Bonchev–Trinajstić information content (AvgIpc) is 3.44. The van der Waals surface area contributed by atoms with Gasteiger partial charge in [-0.05, 0) is 80.7 Å². The zero-order valence-electron chi connectivity index (χ0n) is 22.7. The summed E-state index contributed by atoms with van der Waals surface area (Å²) >= 11 is 1.87. The Bertz CT molecular complexity index is 2330. The van der Waals surface area contributed by atoms with Crippen LogP contribution in [0.3, 0.4) is 0 Å². The zero-order valence-corrected chi connectivity index (χ0v) is 23.5. The molecule has 1 aliphatic rings. The summed E-state index contributed by atoms with van der Waals surface area (Å²) in [5.41, 5.74) is 11.6. The summed E-state index contributed by atoms with van der Waals surface area (Å²) < 4.78 is 6.48. The lowest BCUT2D eigenvalue weighted by atomic mass is 9.89. The van der Waals surface area contributed by atoms with Gasteiger partial charge in [0.05, 0.1) is 0 Å². The van der Waals surface area contributed by atoms with Crippen molar-refractivity contribution in [1.29, 1.82) is 0 Å². The maximum absolute atomic E-state index is 6.48. The summed E-state index contributed by atoms with van der Waals surface area (Å²) in [6.45, 7) is 0. The van der Waals surface area contributed by atoms with Gasteiger partial charge in [0.1, 0.15) is 11.2 Å². The molecular weight excluding hydrogens is 529 g/mol. The lowest BCUT2D eigenvalue weighted by molar-refractivity contribution is 0.670. The quantitative estimate of drug-likeness (QED) is 0.216. The predicted molar refractivity (Wildman–Crippen MR) is 177 cm³/mol. The molecule has 1 aliphatic heterocycles. The molecule has 0 saturated heterocycles. The first kappa shape index (κ1) is 23.6. The summed E-state index contributed by atoms with van der Waals surface area (Å²) in [6.07, 6.45) is 0. The second-order valence-electron chi connectivity index (χ2n) is 10.9. The van der Waals surface area contributed by atoms with Gasteiger partial charge < -0.3 is 4.42 Å². The molecule has 0 saturated carbocycles. The van der Waals surface area contributed by atoms with Crippen molar-refractivity contribution in [2.75, 3.05) is 0 Å². The molecule has 0 atom stereocenters. The number of furan rings is 1. The van der Waals surface area contributed by atoms with Crippen molar-refractivity contribution in [1.82, 2.24) is 0 Å². The molecule has 1 aromatic heterocycles. The number of para-hydroxylation sites is 2. The monoisotopic (exact) mass is 552 g/mol. The van der Waals surface area contributed by atoms with Crippen LogP contribution in [-0.4, -0.2) is 0 Å². The van der Waals surface area contributed by atoms with E-state index in [2.05, 4.69) is 140 Å². The highest BCUT2D eigenvalue weighted by Gasteiger charge is 2.21. The van der Waals surface area contributed by atoms with Crippen molar-refractivity contribution >= 4 is 44.5 Å². The van der Waals surface area contributed by atoms with Gasteiger partial charge in [-0.15, -0.1) is 0 Å². The molecule has 2 heterocycles. The molecule has 0 N–H and O–H groups in total. The Labute approximate surface area is 248 Å². The number of benzene rings is 7. The standard InChI is InChI=1S/C40H24OS/c1-2-10-25(11-3-1)26-22-27(24-28(23-26)30-14-8-17-35-31-12-4-6-18-36(31)41-40(30)35)29-20-21-38-39-33(29)15-9-16-34(39)32-13-5-7-19-37(32)42-38/h1-24H. The molecule has 196 valence electrons. The molecular formula is C40H24OS. The minimum Gasteiger partial charge on any atom is -0.455 e. The smallest absolute Gasteiger partial charge is 0.143 e. The molecule has 0 fully saturated rings. The molecule has 2 heteroatoms. The van der Waals surface area contributed by atoms with Crippen molar-refractivity contribution in [3.05, 3.63) is 146 Å². The Balaban J connectivity index is 1.32. The summed E-state index contributed by atoms with van der Waals surface area (Å²) in [4.78, 5) is 2.63. The third-order valence-electron chi connectivity index (χ3n) is 8.47. The Morgan fingerprint density at radius 3 is 1.95 bits per heavy atom. The van der Waals surface area contributed by atoms with Crippen molar-refractivity contribution in [2.45, 2.75) is 9.79 Å². The van der Waals surface area contributed by atoms with Gasteiger partial charge in [0.2, 0.25) is 0 Å². The van der Waals surface area contributed by atoms with Crippen LogP contribution in [0.2, 0.25) is 0 Å². The number of hydrogen-bond acceptors (Lipinski definition) is 2. The van der Waals surface area contributed by atoms with Crippen molar-refractivity contribution < 1.29 is 4.42 Å². The van der Waals surface area contributed by atoms with Crippen LogP contribution in [0.15, 0.2) is 160 Å². The number of hydrogen-bond donors (Lipinski definition) is 0. The first-order valence-corrected chi connectivity index (χ1v) is 15.1. The van der Waals surface area contributed by atoms with E-state index in [0.717, 1.165) is 33.1 Å². The average molecular weight is 553 g/mol. The highest BCUT2D eigenvalue weighted by Crippen LogP contribution is 2.50. The third-order valence-corrected chi connectivity index (χ3v) is 9.60. The fourth-order valence-corrected chi connectivity index (χ4v) is 7.67. The van der Waals surface area contributed by atoms with Gasteiger partial charge in [0.15, 0.2) is 0 Å². The van der Waals surface area contributed by atoms with Gasteiger partial charge in [-0.1, -0.05) is 121 Å². The van der Waals surface area contributed by atoms with Crippen molar-refractivity contribution in [3.8, 4) is 44.5 Å². The summed E-state index contributed by atoms with van der Waals surface area (Å²) in [6, 6.07) is 52.5. The van der Waals surface area contributed by atoms with Crippen LogP contribution in [0, 0.1) is 0 Å². The molecule has 0 spiro atoms. The molecule has 0 amide bonds. The van der Waals surface area contributed by atoms with Gasteiger partial charge >= 0.3 is 0 Å². The van der Waals surface area contributed by atoms with Crippen LogP contribution in [0.1, 0.15) is 0 Å². The van der Waals surface area contributed by atoms with Crippen LogP contribution in [0.4, 0.5) is 0 Å². The fraction of sp³-hybridized carbons (Fsp3) is 0.